The normalized spacial score (nSPS) is 26.0. The van der Waals surface area contributed by atoms with Gasteiger partial charge in [0, 0.05) is 19.1 Å². The predicted octanol–water partition coefficient (Wildman–Crippen LogP) is 3.86. The number of amides is 3. The molecule has 1 N–H and O–H groups in total. The number of para-hydroxylation sites is 1. The van der Waals surface area contributed by atoms with E-state index in [1.165, 1.54) is 23.1 Å². The van der Waals surface area contributed by atoms with Crippen LogP contribution in [0.5, 0.6) is 0 Å². The van der Waals surface area contributed by atoms with E-state index >= 15 is 0 Å². The molecule has 27 heavy (non-hydrogen) atoms. The molecule has 2 aliphatic heterocycles. The van der Waals surface area contributed by atoms with Gasteiger partial charge in [0.2, 0.25) is 5.91 Å². The molecule has 2 heterocycles. The van der Waals surface area contributed by atoms with Gasteiger partial charge in [-0.25, -0.2) is 4.79 Å². The zero-order valence-corrected chi connectivity index (χ0v) is 14.9. The maximum Gasteiger partial charge on any atom is 0.418 e. The zero-order valence-electron chi connectivity index (χ0n) is 14.9. The lowest BCUT2D eigenvalue weighted by Gasteiger charge is -2.44. The van der Waals surface area contributed by atoms with Crippen molar-refractivity contribution in [3.05, 3.63) is 29.8 Å². The Labute approximate surface area is 155 Å². The summed E-state index contributed by atoms with van der Waals surface area (Å²) in [5, 5.41) is 2.41. The number of carbonyl (C=O) groups is 2. The second-order valence-corrected chi connectivity index (χ2v) is 7.59. The van der Waals surface area contributed by atoms with Gasteiger partial charge in [0.15, 0.2) is 0 Å². The first kappa shape index (κ1) is 18.1. The molecule has 1 saturated carbocycles. The summed E-state index contributed by atoms with van der Waals surface area (Å²) in [5.74, 6) is -0.0343. The number of piperidine rings is 1. The van der Waals surface area contributed by atoms with Crippen LogP contribution in [0.3, 0.4) is 0 Å². The molecule has 3 fully saturated rings. The van der Waals surface area contributed by atoms with Crippen molar-refractivity contribution < 1.29 is 22.8 Å². The number of urea groups is 1. The summed E-state index contributed by atoms with van der Waals surface area (Å²) in [6, 6.07) is 4.55. The van der Waals surface area contributed by atoms with Crippen LogP contribution in [-0.4, -0.2) is 46.4 Å². The monoisotopic (exact) mass is 381 g/mol. The molecule has 3 amide bonds. The van der Waals surface area contributed by atoms with Crippen molar-refractivity contribution in [3.63, 3.8) is 0 Å². The highest BCUT2D eigenvalue weighted by Crippen LogP contribution is 2.42. The standard InChI is InChI=1S/C19H22F3N3O2/c20-19(21,22)14-5-1-2-6-15(14)23-17(27)25-12-4-10-18(25)9-3-11-24(16(18)26)13-7-8-13/h1-2,5-6,13H,3-4,7-12H2,(H,23,27). The largest absolute Gasteiger partial charge is 0.418 e. The lowest BCUT2D eigenvalue weighted by molar-refractivity contribution is -0.146. The van der Waals surface area contributed by atoms with Crippen LogP contribution in [0.4, 0.5) is 23.7 Å². The molecule has 0 radical (unpaired) electrons. The summed E-state index contributed by atoms with van der Waals surface area (Å²) in [6.45, 7) is 1.09. The maximum absolute atomic E-state index is 13.2. The third-order valence-corrected chi connectivity index (χ3v) is 5.84. The van der Waals surface area contributed by atoms with Crippen LogP contribution in [0.25, 0.3) is 0 Å². The molecule has 146 valence electrons. The molecule has 1 aliphatic carbocycles. The van der Waals surface area contributed by atoms with Crippen LogP contribution in [0.1, 0.15) is 44.1 Å². The summed E-state index contributed by atoms with van der Waals surface area (Å²) >= 11 is 0. The first-order valence-corrected chi connectivity index (χ1v) is 9.39. The molecule has 2 saturated heterocycles. The number of nitrogens with zero attached hydrogens (tertiary/aromatic N) is 2. The van der Waals surface area contributed by atoms with Crippen molar-refractivity contribution in [2.75, 3.05) is 18.4 Å². The Balaban J connectivity index is 1.58. The van der Waals surface area contributed by atoms with E-state index in [0.29, 0.717) is 32.4 Å². The van der Waals surface area contributed by atoms with E-state index in [-0.39, 0.29) is 17.6 Å². The number of nitrogens with one attached hydrogen (secondary N) is 1. The van der Waals surface area contributed by atoms with Gasteiger partial charge in [-0.05, 0) is 50.7 Å². The number of carbonyl (C=O) groups excluding carboxylic acids is 2. The zero-order chi connectivity index (χ0) is 19.2. The Morgan fingerprint density at radius 1 is 1.11 bits per heavy atom. The predicted molar refractivity (Wildman–Crippen MR) is 93.1 cm³/mol. The van der Waals surface area contributed by atoms with E-state index in [4.69, 9.17) is 0 Å². The van der Waals surface area contributed by atoms with Gasteiger partial charge in [-0.3, -0.25) is 4.79 Å². The molecule has 1 aromatic rings. The number of alkyl halides is 3. The third-order valence-electron chi connectivity index (χ3n) is 5.84. The fourth-order valence-corrected chi connectivity index (χ4v) is 4.43. The minimum Gasteiger partial charge on any atom is -0.338 e. The number of halogens is 3. The van der Waals surface area contributed by atoms with Crippen LogP contribution < -0.4 is 5.32 Å². The number of likely N-dealkylation sites (tertiary alicyclic amines) is 2. The van der Waals surface area contributed by atoms with Crippen LogP contribution in [0, 0.1) is 0 Å². The van der Waals surface area contributed by atoms with Crippen molar-refractivity contribution >= 4 is 17.6 Å². The quantitative estimate of drug-likeness (QED) is 0.846. The van der Waals surface area contributed by atoms with E-state index in [0.717, 1.165) is 25.3 Å². The first-order chi connectivity index (χ1) is 12.8. The molecule has 1 unspecified atom stereocenters. The van der Waals surface area contributed by atoms with Crippen molar-refractivity contribution in [2.24, 2.45) is 0 Å². The molecule has 1 atom stereocenters. The van der Waals surface area contributed by atoms with Gasteiger partial charge < -0.3 is 15.1 Å². The van der Waals surface area contributed by atoms with Crippen molar-refractivity contribution in [1.29, 1.82) is 0 Å². The molecule has 1 spiro atoms. The molecular formula is C19H22F3N3O2. The van der Waals surface area contributed by atoms with E-state index in [1.807, 2.05) is 4.90 Å². The van der Waals surface area contributed by atoms with Gasteiger partial charge in [0.1, 0.15) is 5.54 Å². The highest BCUT2D eigenvalue weighted by atomic mass is 19.4. The lowest BCUT2D eigenvalue weighted by Crippen LogP contribution is -2.62. The topological polar surface area (TPSA) is 52.7 Å². The first-order valence-electron chi connectivity index (χ1n) is 9.39. The summed E-state index contributed by atoms with van der Waals surface area (Å²) in [7, 11) is 0. The maximum atomic E-state index is 13.2. The minimum absolute atomic E-state index is 0.0343. The van der Waals surface area contributed by atoms with E-state index in [2.05, 4.69) is 5.32 Å². The van der Waals surface area contributed by atoms with Gasteiger partial charge in [0.25, 0.3) is 0 Å². The average Bonchev–Trinajstić information content (AvgIpc) is 3.37. The van der Waals surface area contributed by atoms with Crippen LogP contribution in [0.2, 0.25) is 0 Å². The second kappa shape index (κ2) is 6.42. The highest BCUT2D eigenvalue weighted by Gasteiger charge is 2.55. The van der Waals surface area contributed by atoms with Gasteiger partial charge in [-0.2, -0.15) is 13.2 Å². The Morgan fingerprint density at radius 2 is 1.78 bits per heavy atom. The van der Waals surface area contributed by atoms with E-state index in [1.54, 1.807) is 0 Å². The Hall–Kier alpha value is -2.25. The minimum atomic E-state index is -4.56. The molecule has 3 aliphatic rings. The fourth-order valence-electron chi connectivity index (χ4n) is 4.43. The summed E-state index contributed by atoms with van der Waals surface area (Å²) in [5.41, 5.74) is -2.07. The van der Waals surface area contributed by atoms with Crippen molar-refractivity contribution in [3.8, 4) is 0 Å². The molecule has 0 aromatic heterocycles. The van der Waals surface area contributed by atoms with E-state index in [9.17, 15) is 22.8 Å². The summed E-state index contributed by atoms with van der Waals surface area (Å²) < 4.78 is 39.6. The lowest BCUT2D eigenvalue weighted by atomic mass is 9.85. The molecule has 4 rings (SSSR count). The van der Waals surface area contributed by atoms with Crippen LogP contribution in [-0.2, 0) is 11.0 Å². The van der Waals surface area contributed by atoms with Crippen molar-refractivity contribution in [2.45, 2.75) is 56.3 Å². The SMILES string of the molecule is O=C(Nc1ccccc1C(F)(F)F)N1CCCC12CCCN(C1CC1)C2=O. The average molecular weight is 381 g/mol. The fraction of sp³-hybridized carbons (Fsp3) is 0.579. The smallest absolute Gasteiger partial charge is 0.338 e. The summed E-state index contributed by atoms with van der Waals surface area (Å²) in [6.07, 6.45) is 0.0620. The molecule has 5 nitrogen and oxygen atoms in total. The number of hydrogen-bond acceptors (Lipinski definition) is 2. The molecule has 8 heteroatoms. The number of benzene rings is 1. The van der Waals surface area contributed by atoms with Gasteiger partial charge in [0.05, 0.1) is 11.3 Å². The number of anilines is 1. The Kier molecular flexibility index (Phi) is 4.31. The van der Waals surface area contributed by atoms with Gasteiger partial charge in [-0.15, -0.1) is 0 Å². The third kappa shape index (κ3) is 3.15. The molecule has 1 aromatic carbocycles. The molecular weight excluding hydrogens is 359 g/mol. The Morgan fingerprint density at radius 3 is 2.44 bits per heavy atom. The van der Waals surface area contributed by atoms with Gasteiger partial charge >= 0.3 is 12.2 Å². The number of hydrogen-bond donors (Lipinski definition) is 1. The van der Waals surface area contributed by atoms with Crippen LogP contribution >= 0.6 is 0 Å². The Bertz CT molecular complexity index is 763. The van der Waals surface area contributed by atoms with Crippen molar-refractivity contribution in [1.82, 2.24) is 9.80 Å². The van der Waals surface area contributed by atoms with Crippen LogP contribution in [0.15, 0.2) is 24.3 Å². The summed E-state index contributed by atoms with van der Waals surface area (Å²) in [4.78, 5) is 29.4. The van der Waals surface area contributed by atoms with Gasteiger partial charge in [-0.1, -0.05) is 12.1 Å². The second-order valence-electron chi connectivity index (χ2n) is 7.59. The van der Waals surface area contributed by atoms with E-state index < -0.39 is 23.3 Å². The highest BCUT2D eigenvalue weighted by molar-refractivity contribution is 5.97. The number of rotatable bonds is 2. The molecule has 0 bridgehead atoms.